The first-order valence-corrected chi connectivity index (χ1v) is 13.0. The third kappa shape index (κ3) is 8.76. The van der Waals surface area contributed by atoms with Crippen molar-refractivity contribution in [1.82, 2.24) is 24.8 Å². The monoisotopic (exact) mass is 532 g/mol. The number of aryl methyl sites for hydroxylation is 2. The zero-order valence-electron chi connectivity index (χ0n) is 21.0. The van der Waals surface area contributed by atoms with E-state index in [0.29, 0.717) is 60.3 Å². The number of carbonyl (C=O) groups is 1. The Morgan fingerprint density at radius 3 is 2.67 bits per heavy atom. The van der Waals surface area contributed by atoms with Gasteiger partial charge in [-0.15, -0.1) is 0 Å². The van der Waals surface area contributed by atoms with Crippen molar-refractivity contribution in [2.75, 3.05) is 25.1 Å². The van der Waals surface area contributed by atoms with Crippen LogP contribution in [0, 0.1) is 5.92 Å². The summed E-state index contributed by atoms with van der Waals surface area (Å²) in [6, 6.07) is 7.10. The Kier molecular flexibility index (Phi) is 11.0. The van der Waals surface area contributed by atoms with Crippen molar-refractivity contribution >= 4 is 34.9 Å². The molecule has 3 rings (SSSR count). The van der Waals surface area contributed by atoms with Crippen LogP contribution in [0.5, 0.6) is 0 Å². The maximum absolute atomic E-state index is 13.0. The minimum atomic E-state index is -0.425. The van der Waals surface area contributed by atoms with Crippen LogP contribution in [0.25, 0.3) is 5.95 Å². The van der Waals surface area contributed by atoms with Gasteiger partial charge in [-0.3, -0.25) is 9.36 Å². The summed E-state index contributed by atoms with van der Waals surface area (Å²) in [5.74, 6) is 1.34. The van der Waals surface area contributed by atoms with Crippen LogP contribution in [0.2, 0.25) is 10.0 Å². The van der Waals surface area contributed by atoms with Gasteiger partial charge >= 0.3 is 0 Å². The number of anilines is 1. The van der Waals surface area contributed by atoms with E-state index in [2.05, 4.69) is 34.4 Å². The van der Waals surface area contributed by atoms with Crippen LogP contribution in [-0.2, 0) is 22.4 Å². The van der Waals surface area contributed by atoms with Crippen LogP contribution >= 0.6 is 23.2 Å². The quantitative estimate of drug-likeness (QED) is 0.279. The van der Waals surface area contributed by atoms with E-state index in [9.17, 15) is 4.79 Å². The molecule has 0 aliphatic rings. The second-order valence-corrected chi connectivity index (χ2v) is 9.75. The summed E-state index contributed by atoms with van der Waals surface area (Å²) in [7, 11) is 0. The zero-order chi connectivity index (χ0) is 25.9. The molecule has 1 atom stereocenters. The average Bonchev–Trinajstić information content (AvgIpc) is 3.39. The molecule has 0 aliphatic heterocycles. The second kappa shape index (κ2) is 14.2. The van der Waals surface area contributed by atoms with Gasteiger partial charge in [-0.05, 0) is 56.2 Å². The van der Waals surface area contributed by atoms with E-state index in [1.807, 2.05) is 25.1 Å². The van der Waals surface area contributed by atoms with Crippen LogP contribution in [0.4, 0.5) is 5.82 Å². The number of rotatable bonds is 14. The number of aromatic nitrogens is 4. The number of hydrogen-bond acceptors (Lipinski definition) is 6. The fraction of sp³-hybridized carbons (Fsp3) is 0.462. The normalized spacial score (nSPS) is 12.1. The number of halogens is 2. The summed E-state index contributed by atoms with van der Waals surface area (Å²) in [4.78, 5) is 26.5. The number of ether oxygens (including phenoxy) is 1. The maximum Gasteiger partial charge on any atom is 0.242 e. The lowest BCUT2D eigenvalue weighted by Gasteiger charge is -2.21. The lowest BCUT2D eigenvalue weighted by atomic mass is 10.0. The zero-order valence-corrected chi connectivity index (χ0v) is 22.5. The fourth-order valence-electron chi connectivity index (χ4n) is 3.68. The summed E-state index contributed by atoms with van der Waals surface area (Å²) in [6.45, 7) is 8.01. The molecule has 8 nitrogen and oxygen atoms in total. The summed E-state index contributed by atoms with van der Waals surface area (Å²) in [5.41, 5.74) is 1.90. The molecule has 2 N–H and O–H groups in total. The molecule has 0 radical (unpaired) electrons. The van der Waals surface area contributed by atoms with Crippen molar-refractivity contribution in [3.05, 3.63) is 64.3 Å². The molecule has 194 valence electrons. The van der Waals surface area contributed by atoms with E-state index in [-0.39, 0.29) is 5.91 Å². The van der Waals surface area contributed by atoms with Crippen LogP contribution < -0.4 is 10.6 Å². The number of imidazole rings is 1. The van der Waals surface area contributed by atoms with E-state index >= 15 is 0 Å². The van der Waals surface area contributed by atoms with Crippen LogP contribution in [0.15, 0.2) is 43.0 Å². The number of carbonyl (C=O) groups excluding carboxylic acids is 1. The SMILES string of the molecule is CCOCCCNC(=O)C(CC(C)C)Nc1cc(CCc2ccc(Cl)c(Cl)c2)nc(-n2ccnc2)n1. The highest BCUT2D eigenvalue weighted by Gasteiger charge is 2.21. The van der Waals surface area contributed by atoms with Gasteiger partial charge in [0.05, 0.1) is 10.0 Å². The average molecular weight is 534 g/mol. The molecular formula is C26H34Cl2N6O2. The molecule has 0 saturated carbocycles. The Hall–Kier alpha value is -2.68. The molecule has 1 unspecified atom stereocenters. The van der Waals surface area contributed by atoms with E-state index < -0.39 is 6.04 Å². The number of nitrogens with zero attached hydrogens (tertiary/aromatic N) is 4. The van der Waals surface area contributed by atoms with Gasteiger partial charge in [-0.25, -0.2) is 9.97 Å². The second-order valence-electron chi connectivity index (χ2n) is 8.93. The smallest absolute Gasteiger partial charge is 0.242 e. The largest absolute Gasteiger partial charge is 0.382 e. The third-order valence-corrected chi connectivity index (χ3v) is 6.21. The van der Waals surface area contributed by atoms with Gasteiger partial charge in [0.15, 0.2) is 0 Å². The van der Waals surface area contributed by atoms with Crippen molar-refractivity contribution in [2.24, 2.45) is 5.92 Å². The molecule has 1 amide bonds. The number of hydrogen-bond donors (Lipinski definition) is 2. The minimum Gasteiger partial charge on any atom is -0.382 e. The maximum atomic E-state index is 13.0. The van der Waals surface area contributed by atoms with Gasteiger partial charge in [0.1, 0.15) is 18.2 Å². The molecule has 36 heavy (non-hydrogen) atoms. The molecule has 0 fully saturated rings. The lowest BCUT2D eigenvalue weighted by Crippen LogP contribution is -2.41. The molecule has 0 bridgehead atoms. The van der Waals surface area contributed by atoms with Crippen molar-refractivity contribution in [2.45, 2.75) is 52.5 Å². The van der Waals surface area contributed by atoms with Crippen LogP contribution in [-0.4, -0.2) is 51.2 Å². The summed E-state index contributed by atoms with van der Waals surface area (Å²) in [5, 5.41) is 7.43. The van der Waals surface area contributed by atoms with Gasteiger partial charge in [0, 0.05) is 43.9 Å². The molecule has 2 heterocycles. The standard InChI is InChI=1S/C26H34Cl2N6O2/c1-4-36-13-5-10-30-25(35)23(14-18(2)3)32-24-16-20(31-26(33-24)34-12-11-29-17-34)8-6-19-7-9-21(27)22(28)15-19/h7,9,11-12,15-18,23H,4-6,8,10,13-14H2,1-3H3,(H,30,35)(H,31,32,33). The van der Waals surface area contributed by atoms with E-state index in [1.165, 1.54) is 0 Å². The van der Waals surface area contributed by atoms with Crippen molar-refractivity contribution in [1.29, 1.82) is 0 Å². The lowest BCUT2D eigenvalue weighted by molar-refractivity contribution is -0.122. The Labute approximate surface area is 222 Å². The summed E-state index contributed by atoms with van der Waals surface area (Å²) < 4.78 is 7.11. The van der Waals surface area contributed by atoms with Crippen molar-refractivity contribution < 1.29 is 9.53 Å². The summed E-state index contributed by atoms with van der Waals surface area (Å²) in [6.07, 6.45) is 7.94. The molecule has 3 aromatic rings. The molecule has 10 heteroatoms. The van der Waals surface area contributed by atoms with Gasteiger partial charge in [0.2, 0.25) is 11.9 Å². The van der Waals surface area contributed by atoms with Crippen molar-refractivity contribution in [3.63, 3.8) is 0 Å². The van der Waals surface area contributed by atoms with Crippen LogP contribution in [0.3, 0.4) is 0 Å². The first-order chi connectivity index (χ1) is 17.4. The Morgan fingerprint density at radius 1 is 1.14 bits per heavy atom. The van der Waals surface area contributed by atoms with Gasteiger partial charge in [0.25, 0.3) is 0 Å². The third-order valence-electron chi connectivity index (χ3n) is 5.47. The Balaban J connectivity index is 1.77. The topological polar surface area (TPSA) is 94.0 Å². The Bertz CT molecular complexity index is 1110. The first kappa shape index (κ1) is 27.9. The molecule has 1 aromatic carbocycles. The predicted octanol–water partition coefficient (Wildman–Crippen LogP) is 5.12. The molecule has 0 saturated heterocycles. The molecule has 0 aliphatic carbocycles. The fourth-order valence-corrected chi connectivity index (χ4v) is 4.00. The number of amides is 1. The van der Waals surface area contributed by atoms with Gasteiger partial charge in [-0.1, -0.05) is 43.1 Å². The van der Waals surface area contributed by atoms with E-state index in [0.717, 1.165) is 24.1 Å². The van der Waals surface area contributed by atoms with E-state index in [4.69, 9.17) is 32.9 Å². The van der Waals surface area contributed by atoms with Crippen molar-refractivity contribution in [3.8, 4) is 5.95 Å². The van der Waals surface area contributed by atoms with Gasteiger partial charge in [-0.2, -0.15) is 4.98 Å². The highest BCUT2D eigenvalue weighted by Crippen LogP contribution is 2.23. The molecule has 2 aromatic heterocycles. The molecule has 0 spiro atoms. The van der Waals surface area contributed by atoms with Crippen LogP contribution in [0.1, 0.15) is 44.9 Å². The molecular weight excluding hydrogens is 499 g/mol. The first-order valence-electron chi connectivity index (χ1n) is 12.3. The number of nitrogens with one attached hydrogen (secondary N) is 2. The highest BCUT2D eigenvalue weighted by molar-refractivity contribution is 6.42. The number of benzene rings is 1. The van der Waals surface area contributed by atoms with Gasteiger partial charge < -0.3 is 15.4 Å². The van der Waals surface area contributed by atoms with E-state index in [1.54, 1.807) is 29.4 Å². The highest BCUT2D eigenvalue weighted by atomic mass is 35.5. The minimum absolute atomic E-state index is 0.0552. The summed E-state index contributed by atoms with van der Waals surface area (Å²) >= 11 is 12.2. The predicted molar refractivity (Wildman–Crippen MR) is 144 cm³/mol. The Morgan fingerprint density at radius 2 is 1.97 bits per heavy atom.